The fraction of sp³-hybridized carbons (Fsp3) is 0.533. The van der Waals surface area contributed by atoms with Crippen LogP contribution in [-0.4, -0.2) is 32.0 Å². The molecule has 2 unspecified atom stereocenters. The van der Waals surface area contributed by atoms with Crippen LogP contribution in [0.3, 0.4) is 0 Å². The maximum atomic E-state index is 12.2. The number of benzene rings is 1. The molecule has 0 spiro atoms. The first-order valence-corrected chi connectivity index (χ1v) is 8.71. The molecule has 0 aromatic heterocycles. The molecule has 1 aromatic carbocycles. The maximum absolute atomic E-state index is 12.2. The van der Waals surface area contributed by atoms with E-state index in [2.05, 4.69) is 4.72 Å². The first-order chi connectivity index (χ1) is 9.92. The van der Waals surface area contributed by atoms with Crippen LogP contribution >= 0.6 is 0 Å². The zero-order valence-corrected chi connectivity index (χ0v) is 12.9. The Balaban J connectivity index is 2.07. The highest BCUT2D eigenvalue weighted by Gasteiger charge is 2.25. The van der Waals surface area contributed by atoms with Gasteiger partial charge in [-0.1, -0.05) is 19.1 Å². The molecule has 2 rings (SSSR count). The van der Waals surface area contributed by atoms with Gasteiger partial charge in [-0.3, -0.25) is 4.79 Å². The molecule has 1 aliphatic rings. The van der Waals surface area contributed by atoms with Crippen molar-refractivity contribution in [2.24, 2.45) is 5.92 Å². The van der Waals surface area contributed by atoms with Crippen LogP contribution in [0.25, 0.3) is 0 Å². The number of ketones is 1. The summed E-state index contributed by atoms with van der Waals surface area (Å²) in [5.74, 6) is 0.0983. The molecule has 2 atom stereocenters. The van der Waals surface area contributed by atoms with E-state index in [1.807, 2.05) is 0 Å². The van der Waals surface area contributed by atoms with Crippen LogP contribution in [0.15, 0.2) is 29.2 Å². The van der Waals surface area contributed by atoms with E-state index in [0.29, 0.717) is 24.9 Å². The summed E-state index contributed by atoms with van der Waals surface area (Å²) >= 11 is 0. The number of aliphatic hydroxyl groups excluding tert-OH is 1. The molecule has 0 heterocycles. The second kappa shape index (κ2) is 6.68. The molecule has 2 N–H and O–H groups in total. The molecular weight excluding hydrogens is 290 g/mol. The summed E-state index contributed by atoms with van der Waals surface area (Å²) in [5, 5.41) is 9.46. The van der Waals surface area contributed by atoms with E-state index in [-0.39, 0.29) is 22.7 Å². The second-order valence-corrected chi connectivity index (χ2v) is 7.26. The normalized spacial score (nSPS) is 22.4. The number of carbonyl (C=O) groups excluding carboxylic acids is 1. The monoisotopic (exact) mass is 311 g/mol. The third-order valence-electron chi connectivity index (χ3n) is 3.86. The zero-order valence-electron chi connectivity index (χ0n) is 12.1. The van der Waals surface area contributed by atoms with Crippen molar-refractivity contribution in [3.05, 3.63) is 29.8 Å². The van der Waals surface area contributed by atoms with Crippen molar-refractivity contribution in [2.45, 2.75) is 43.6 Å². The molecule has 0 aliphatic heterocycles. The van der Waals surface area contributed by atoms with Gasteiger partial charge in [-0.25, -0.2) is 13.1 Å². The average molecular weight is 311 g/mol. The van der Waals surface area contributed by atoms with E-state index < -0.39 is 10.0 Å². The maximum Gasteiger partial charge on any atom is 0.240 e. The smallest absolute Gasteiger partial charge is 0.240 e. The van der Waals surface area contributed by atoms with E-state index >= 15 is 0 Å². The molecular formula is C15H21NO4S. The Hall–Kier alpha value is -1.24. The lowest BCUT2D eigenvalue weighted by Gasteiger charge is -2.12. The van der Waals surface area contributed by atoms with Gasteiger partial charge in [-0.05, 0) is 37.3 Å². The van der Waals surface area contributed by atoms with Crippen molar-refractivity contribution < 1.29 is 18.3 Å². The molecule has 6 heteroatoms. The summed E-state index contributed by atoms with van der Waals surface area (Å²) in [6.45, 7) is 2.07. The predicted octanol–water partition coefficient (Wildman–Crippen LogP) is 1.72. The van der Waals surface area contributed by atoms with Crippen molar-refractivity contribution in [1.82, 2.24) is 4.72 Å². The van der Waals surface area contributed by atoms with Gasteiger partial charge in [0, 0.05) is 18.5 Å². The van der Waals surface area contributed by atoms with Gasteiger partial charge in [0.15, 0.2) is 5.78 Å². The second-order valence-electron chi connectivity index (χ2n) is 5.49. The third-order valence-corrected chi connectivity index (χ3v) is 5.28. The number of nitrogens with one attached hydrogen (secondary N) is 1. The minimum Gasteiger partial charge on any atom is -0.393 e. The molecule has 1 fully saturated rings. The summed E-state index contributed by atoms with van der Waals surface area (Å²) in [6, 6.07) is 6.10. The number of hydrogen-bond donors (Lipinski definition) is 2. The minimum atomic E-state index is -3.61. The Morgan fingerprint density at radius 2 is 2.14 bits per heavy atom. The van der Waals surface area contributed by atoms with Crippen molar-refractivity contribution >= 4 is 15.8 Å². The summed E-state index contributed by atoms with van der Waals surface area (Å²) < 4.78 is 27.1. The van der Waals surface area contributed by atoms with Gasteiger partial charge in [-0.2, -0.15) is 0 Å². The fourth-order valence-corrected chi connectivity index (χ4v) is 3.75. The highest BCUT2D eigenvalue weighted by molar-refractivity contribution is 7.89. The summed E-state index contributed by atoms with van der Waals surface area (Å²) in [7, 11) is -3.61. The summed E-state index contributed by atoms with van der Waals surface area (Å²) in [4.78, 5) is 11.8. The van der Waals surface area contributed by atoms with Gasteiger partial charge < -0.3 is 5.11 Å². The van der Waals surface area contributed by atoms with Crippen LogP contribution in [0.1, 0.15) is 43.0 Å². The van der Waals surface area contributed by atoms with Gasteiger partial charge >= 0.3 is 0 Å². The highest BCUT2D eigenvalue weighted by Crippen LogP contribution is 2.25. The lowest BCUT2D eigenvalue weighted by Crippen LogP contribution is -2.29. The van der Waals surface area contributed by atoms with Gasteiger partial charge in [0.25, 0.3) is 0 Å². The molecule has 1 saturated carbocycles. The highest BCUT2D eigenvalue weighted by atomic mass is 32.2. The topological polar surface area (TPSA) is 83.5 Å². The van der Waals surface area contributed by atoms with Crippen LogP contribution < -0.4 is 4.72 Å². The summed E-state index contributed by atoms with van der Waals surface area (Å²) in [5.41, 5.74) is 0.414. The quantitative estimate of drug-likeness (QED) is 0.784. The Bertz CT molecular complexity index is 612. The van der Waals surface area contributed by atoms with E-state index in [1.54, 1.807) is 19.1 Å². The van der Waals surface area contributed by atoms with Crippen molar-refractivity contribution in [2.75, 3.05) is 6.54 Å². The van der Waals surface area contributed by atoms with Crippen LogP contribution in [-0.2, 0) is 10.0 Å². The molecule has 5 nitrogen and oxygen atoms in total. The standard InChI is InChI=1S/C15H21NO4S/c1-2-15(18)12-4-3-5-14(9-12)21(19,20)16-10-11-6-7-13(17)8-11/h3-5,9,11,13,16-17H,2,6-8,10H2,1H3. The van der Waals surface area contributed by atoms with Crippen molar-refractivity contribution in [1.29, 1.82) is 0 Å². The van der Waals surface area contributed by atoms with Gasteiger partial charge in [0.05, 0.1) is 11.0 Å². The van der Waals surface area contributed by atoms with Crippen LogP contribution in [0, 0.1) is 5.92 Å². The lowest BCUT2D eigenvalue weighted by molar-refractivity contribution is 0.0988. The van der Waals surface area contributed by atoms with Gasteiger partial charge in [0.2, 0.25) is 10.0 Å². The number of Topliss-reactive ketones (excluding diaryl/α,β-unsaturated/α-hetero) is 1. The minimum absolute atomic E-state index is 0.0778. The van der Waals surface area contributed by atoms with E-state index in [0.717, 1.165) is 12.8 Å². The lowest BCUT2D eigenvalue weighted by atomic mass is 10.1. The zero-order chi connectivity index (χ0) is 15.5. The van der Waals surface area contributed by atoms with Gasteiger partial charge in [-0.15, -0.1) is 0 Å². The van der Waals surface area contributed by atoms with E-state index in [4.69, 9.17) is 0 Å². The largest absolute Gasteiger partial charge is 0.393 e. The molecule has 1 aromatic rings. The average Bonchev–Trinajstić information content (AvgIpc) is 2.90. The van der Waals surface area contributed by atoms with E-state index in [1.165, 1.54) is 12.1 Å². The molecule has 0 saturated heterocycles. The Morgan fingerprint density at radius 1 is 1.38 bits per heavy atom. The molecule has 0 bridgehead atoms. The van der Waals surface area contributed by atoms with Crippen LogP contribution in [0.5, 0.6) is 0 Å². The number of hydrogen-bond acceptors (Lipinski definition) is 4. The number of sulfonamides is 1. The molecule has 116 valence electrons. The fourth-order valence-electron chi connectivity index (χ4n) is 2.59. The third kappa shape index (κ3) is 4.12. The number of carbonyl (C=O) groups is 1. The first kappa shape index (κ1) is 16.1. The Kier molecular flexibility index (Phi) is 5.13. The number of aliphatic hydroxyl groups is 1. The first-order valence-electron chi connectivity index (χ1n) is 7.23. The SMILES string of the molecule is CCC(=O)c1cccc(S(=O)(=O)NCC2CCC(O)C2)c1. The Morgan fingerprint density at radius 3 is 2.76 bits per heavy atom. The molecule has 0 amide bonds. The number of rotatable bonds is 6. The predicted molar refractivity (Wildman–Crippen MR) is 79.6 cm³/mol. The van der Waals surface area contributed by atoms with E-state index in [9.17, 15) is 18.3 Å². The molecule has 0 radical (unpaired) electrons. The van der Waals surface area contributed by atoms with Crippen LogP contribution in [0.4, 0.5) is 0 Å². The van der Waals surface area contributed by atoms with Crippen molar-refractivity contribution in [3.63, 3.8) is 0 Å². The van der Waals surface area contributed by atoms with Crippen LogP contribution in [0.2, 0.25) is 0 Å². The van der Waals surface area contributed by atoms with Gasteiger partial charge in [0.1, 0.15) is 0 Å². The van der Waals surface area contributed by atoms with Crippen molar-refractivity contribution in [3.8, 4) is 0 Å². The molecule has 21 heavy (non-hydrogen) atoms. The Labute approximate surface area is 125 Å². The molecule has 1 aliphatic carbocycles. The summed E-state index contributed by atoms with van der Waals surface area (Å²) in [6.07, 6.45) is 2.23.